The smallest absolute Gasteiger partial charge is 0.0741 e. The van der Waals surface area contributed by atoms with Crippen molar-refractivity contribution in [3.63, 3.8) is 0 Å². The van der Waals surface area contributed by atoms with Crippen molar-refractivity contribution >= 4 is 55.7 Å². The van der Waals surface area contributed by atoms with Gasteiger partial charge < -0.3 is 10.6 Å². The van der Waals surface area contributed by atoms with E-state index in [1.165, 1.54) is 90.2 Å². The van der Waals surface area contributed by atoms with Gasteiger partial charge in [-0.3, -0.25) is 4.98 Å². The first-order chi connectivity index (χ1) is 19.3. The van der Waals surface area contributed by atoms with Gasteiger partial charge in [-0.25, -0.2) is 4.98 Å². The normalized spacial score (nSPS) is 13.2. The standard InChI is InChI=1S/C34H37ClN4/c35-24-19-20-28-32(23-24)39-31-18-10-7-15-27(31)34(28)37-22-12-4-2-1-3-11-21-36-33-25-13-5-8-16-29(25)38-30-17-9-6-14-26(30)33/h5-6,8-9,13-14,16-17,19-20,23H,1-4,7,10-12,15,18,21-22H2,(H,36,38)(H,37,39). The van der Waals surface area contributed by atoms with E-state index in [9.17, 15) is 0 Å². The molecular formula is C34H37ClN4. The van der Waals surface area contributed by atoms with E-state index in [2.05, 4.69) is 65.2 Å². The van der Waals surface area contributed by atoms with Crippen LogP contribution in [0, 0.1) is 0 Å². The van der Waals surface area contributed by atoms with Crippen LogP contribution in [0.5, 0.6) is 0 Å². The monoisotopic (exact) mass is 536 g/mol. The van der Waals surface area contributed by atoms with Gasteiger partial charge >= 0.3 is 0 Å². The van der Waals surface area contributed by atoms with Crippen LogP contribution in [0.1, 0.15) is 62.6 Å². The zero-order chi connectivity index (χ0) is 26.4. The van der Waals surface area contributed by atoms with Crippen LogP contribution in [0.2, 0.25) is 5.02 Å². The van der Waals surface area contributed by atoms with Gasteiger partial charge in [0, 0.05) is 45.7 Å². The first kappa shape index (κ1) is 25.9. The van der Waals surface area contributed by atoms with E-state index < -0.39 is 0 Å². The van der Waals surface area contributed by atoms with Crippen LogP contribution < -0.4 is 10.6 Å². The van der Waals surface area contributed by atoms with Gasteiger partial charge in [-0.2, -0.15) is 0 Å². The Morgan fingerprint density at radius 2 is 1.18 bits per heavy atom. The summed E-state index contributed by atoms with van der Waals surface area (Å²) in [5.74, 6) is 0. The second-order valence-electron chi connectivity index (χ2n) is 10.8. The maximum absolute atomic E-state index is 6.27. The molecule has 2 N–H and O–H groups in total. The number of pyridine rings is 2. The molecule has 0 saturated carbocycles. The van der Waals surface area contributed by atoms with Gasteiger partial charge in [-0.05, 0) is 74.4 Å². The van der Waals surface area contributed by atoms with Crippen molar-refractivity contribution in [2.75, 3.05) is 23.7 Å². The molecule has 2 heterocycles. The predicted octanol–water partition coefficient (Wildman–Crippen LogP) is 9.33. The molecule has 0 radical (unpaired) electrons. The maximum atomic E-state index is 6.27. The number of aryl methyl sites for hydroxylation is 1. The number of hydrogen-bond acceptors (Lipinski definition) is 4. The van der Waals surface area contributed by atoms with Gasteiger partial charge in [0.2, 0.25) is 0 Å². The predicted molar refractivity (Wildman–Crippen MR) is 167 cm³/mol. The molecule has 0 atom stereocenters. The Morgan fingerprint density at radius 3 is 1.90 bits per heavy atom. The van der Waals surface area contributed by atoms with Crippen LogP contribution in [0.25, 0.3) is 32.7 Å². The van der Waals surface area contributed by atoms with Crippen LogP contribution >= 0.6 is 11.6 Å². The number of nitrogens with one attached hydrogen (secondary N) is 2. The van der Waals surface area contributed by atoms with Crippen molar-refractivity contribution in [3.05, 3.63) is 83.0 Å². The Kier molecular flexibility index (Phi) is 8.11. The molecule has 0 bridgehead atoms. The van der Waals surface area contributed by atoms with Gasteiger partial charge in [0.25, 0.3) is 0 Å². The minimum Gasteiger partial charge on any atom is -0.384 e. The molecule has 39 heavy (non-hydrogen) atoms. The molecule has 0 aliphatic heterocycles. The number of unbranched alkanes of at least 4 members (excludes halogenated alkanes) is 5. The summed E-state index contributed by atoms with van der Waals surface area (Å²) in [4.78, 5) is 9.78. The van der Waals surface area contributed by atoms with E-state index >= 15 is 0 Å². The van der Waals surface area contributed by atoms with Gasteiger partial charge in [0.15, 0.2) is 0 Å². The third-order valence-electron chi connectivity index (χ3n) is 8.02. The van der Waals surface area contributed by atoms with Crippen molar-refractivity contribution in [2.45, 2.75) is 64.2 Å². The zero-order valence-corrected chi connectivity index (χ0v) is 23.4. The third kappa shape index (κ3) is 5.81. The molecule has 2 aromatic heterocycles. The molecule has 0 unspecified atom stereocenters. The molecular weight excluding hydrogens is 500 g/mol. The lowest BCUT2D eigenvalue weighted by Crippen LogP contribution is -2.12. The van der Waals surface area contributed by atoms with Crippen LogP contribution in [0.15, 0.2) is 66.7 Å². The first-order valence-electron chi connectivity index (χ1n) is 14.6. The third-order valence-corrected chi connectivity index (χ3v) is 8.25. The Bertz CT molecular complexity index is 1540. The number of benzene rings is 3. The average Bonchev–Trinajstić information content (AvgIpc) is 2.97. The molecule has 5 heteroatoms. The molecule has 1 aliphatic rings. The van der Waals surface area contributed by atoms with Crippen molar-refractivity contribution in [1.82, 2.24) is 9.97 Å². The molecule has 200 valence electrons. The van der Waals surface area contributed by atoms with E-state index in [0.29, 0.717) is 0 Å². The number of hydrogen-bond donors (Lipinski definition) is 2. The quantitative estimate of drug-likeness (QED) is 0.130. The molecule has 1 aliphatic carbocycles. The van der Waals surface area contributed by atoms with Crippen molar-refractivity contribution in [3.8, 4) is 0 Å². The topological polar surface area (TPSA) is 49.8 Å². The van der Waals surface area contributed by atoms with Gasteiger partial charge in [0.1, 0.15) is 0 Å². The Labute approximate surface area is 236 Å². The molecule has 0 amide bonds. The molecule has 5 aromatic rings. The Hall–Kier alpha value is -3.37. The van der Waals surface area contributed by atoms with Crippen LogP contribution in [0.3, 0.4) is 0 Å². The van der Waals surface area contributed by atoms with E-state index in [1.807, 2.05) is 12.1 Å². The molecule has 6 rings (SSSR count). The van der Waals surface area contributed by atoms with Crippen LogP contribution in [0.4, 0.5) is 11.4 Å². The van der Waals surface area contributed by atoms with Crippen LogP contribution in [-0.2, 0) is 12.8 Å². The molecule has 0 saturated heterocycles. The number of rotatable bonds is 11. The number of aromatic nitrogens is 2. The summed E-state index contributed by atoms with van der Waals surface area (Å²) in [7, 11) is 0. The lowest BCUT2D eigenvalue weighted by Gasteiger charge is -2.22. The molecule has 3 aromatic carbocycles. The summed E-state index contributed by atoms with van der Waals surface area (Å²) in [6.45, 7) is 2.00. The van der Waals surface area contributed by atoms with Gasteiger partial charge in [-0.15, -0.1) is 0 Å². The fourth-order valence-corrected chi connectivity index (χ4v) is 6.18. The summed E-state index contributed by atoms with van der Waals surface area (Å²) in [6, 6.07) is 23.0. The lowest BCUT2D eigenvalue weighted by atomic mass is 9.92. The number of anilines is 2. The Balaban J connectivity index is 0.961. The van der Waals surface area contributed by atoms with Gasteiger partial charge in [0.05, 0.1) is 22.2 Å². The highest BCUT2D eigenvalue weighted by atomic mass is 35.5. The number of nitrogens with zero attached hydrogens (tertiary/aromatic N) is 2. The highest BCUT2D eigenvalue weighted by Crippen LogP contribution is 2.34. The lowest BCUT2D eigenvalue weighted by molar-refractivity contribution is 0.610. The number of para-hydroxylation sites is 2. The number of fused-ring (bicyclic) bond motifs is 4. The Morgan fingerprint density at radius 1 is 0.590 bits per heavy atom. The molecule has 4 nitrogen and oxygen atoms in total. The average molecular weight is 537 g/mol. The molecule has 0 fully saturated rings. The fourth-order valence-electron chi connectivity index (χ4n) is 6.01. The second-order valence-corrected chi connectivity index (χ2v) is 11.2. The molecule has 0 spiro atoms. The number of halogens is 1. The summed E-state index contributed by atoms with van der Waals surface area (Å²) in [5.41, 5.74) is 8.34. The SMILES string of the molecule is Clc1ccc2c(NCCCCCCCCNc3c4ccccc4nc4ccccc34)c3c(nc2c1)CCCC3. The zero-order valence-electron chi connectivity index (χ0n) is 22.6. The maximum Gasteiger partial charge on any atom is 0.0741 e. The minimum atomic E-state index is 0.759. The van der Waals surface area contributed by atoms with E-state index in [4.69, 9.17) is 21.6 Å². The fraction of sp³-hybridized carbons (Fsp3) is 0.353. The van der Waals surface area contributed by atoms with E-state index in [0.717, 1.165) is 47.5 Å². The first-order valence-corrected chi connectivity index (χ1v) is 15.0. The van der Waals surface area contributed by atoms with Gasteiger partial charge in [-0.1, -0.05) is 73.7 Å². The van der Waals surface area contributed by atoms with Crippen molar-refractivity contribution in [2.24, 2.45) is 0 Å². The largest absolute Gasteiger partial charge is 0.384 e. The highest BCUT2D eigenvalue weighted by molar-refractivity contribution is 6.31. The summed E-state index contributed by atoms with van der Waals surface area (Å²) >= 11 is 6.27. The minimum absolute atomic E-state index is 0.759. The van der Waals surface area contributed by atoms with E-state index in [-0.39, 0.29) is 0 Å². The van der Waals surface area contributed by atoms with Crippen LogP contribution in [-0.4, -0.2) is 23.1 Å². The van der Waals surface area contributed by atoms with Crippen molar-refractivity contribution < 1.29 is 0 Å². The highest BCUT2D eigenvalue weighted by Gasteiger charge is 2.18. The van der Waals surface area contributed by atoms with E-state index in [1.54, 1.807) is 0 Å². The summed E-state index contributed by atoms with van der Waals surface area (Å²) in [6.07, 6.45) is 12.2. The second kappa shape index (κ2) is 12.2. The summed E-state index contributed by atoms with van der Waals surface area (Å²) in [5, 5.41) is 11.9. The summed E-state index contributed by atoms with van der Waals surface area (Å²) < 4.78 is 0. The van der Waals surface area contributed by atoms with Crippen molar-refractivity contribution in [1.29, 1.82) is 0 Å².